The summed E-state index contributed by atoms with van der Waals surface area (Å²) in [5.41, 5.74) is 7.90. The molecule has 0 aliphatic rings. The van der Waals surface area contributed by atoms with E-state index in [4.69, 9.17) is 15.7 Å². The number of aromatic nitrogens is 1. The Bertz CT molecular complexity index is 613. The number of benzene rings is 1. The van der Waals surface area contributed by atoms with Gasteiger partial charge in [-0.3, -0.25) is 4.84 Å². The third-order valence-corrected chi connectivity index (χ3v) is 2.59. The van der Waals surface area contributed by atoms with Crippen LogP contribution in [0, 0.1) is 6.92 Å². The smallest absolute Gasteiger partial charge is 0.437 e. The number of hydrogen-bond donors (Lipinski definition) is 2. The lowest BCUT2D eigenvalue weighted by molar-refractivity contribution is 0.129. The van der Waals surface area contributed by atoms with Crippen LogP contribution in [0.5, 0.6) is 0 Å². The summed E-state index contributed by atoms with van der Waals surface area (Å²) >= 11 is 0. The molecular formula is C12H13N3O3. The van der Waals surface area contributed by atoms with Gasteiger partial charge in [0.2, 0.25) is 0 Å². The lowest BCUT2D eigenvalue weighted by Crippen LogP contribution is -2.28. The van der Waals surface area contributed by atoms with Crippen molar-refractivity contribution >= 4 is 28.5 Å². The summed E-state index contributed by atoms with van der Waals surface area (Å²) in [6.45, 7) is 1.86. The van der Waals surface area contributed by atoms with Crippen molar-refractivity contribution < 1.29 is 14.7 Å². The van der Waals surface area contributed by atoms with Crippen molar-refractivity contribution in [2.75, 3.05) is 17.9 Å². The van der Waals surface area contributed by atoms with E-state index in [1.165, 1.54) is 7.11 Å². The third-order valence-electron chi connectivity index (χ3n) is 2.59. The van der Waals surface area contributed by atoms with Gasteiger partial charge in [0.1, 0.15) is 0 Å². The average molecular weight is 247 g/mol. The van der Waals surface area contributed by atoms with Crippen molar-refractivity contribution in [2.45, 2.75) is 6.92 Å². The zero-order valence-electron chi connectivity index (χ0n) is 10.0. The molecule has 1 amide bonds. The van der Waals surface area contributed by atoms with E-state index in [0.29, 0.717) is 16.3 Å². The zero-order valence-corrected chi connectivity index (χ0v) is 10.0. The van der Waals surface area contributed by atoms with E-state index < -0.39 is 6.09 Å². The normalized spacial score (nSPS) is 10.6. The van der Waals surface area contributed by atoms with Crippen molar-refractivity contribution in [3.63, 3.8) is 0 Å². The number of hydroxylamine groups is 1. The van der Waals surface area contributed by atoms with Gasteiger partial charge in [-0.05, 0) is 36.8 Å². The number of hydrogen-bond acceptors (Lipinski definition) is 4. The van der Waals surface area contributed by atoms with Gasteiger partial charge in [0.15, 0.2) is 5.82 Å². The lowest BCUT2D eigenvalue weighted by atomic mass is 10.1. The van der Waals surface area contributed by atoms with E-state index in [2.05, 4.69) is 4.98 Å². The Labute approximate surface area is 104 Å². The Hall–Kier alpha value is -2.34. The summed E-state index contributed by atoms with van der Waals surface area (Å²) in [7, 11) is 1.28. The molecule has 1 aromatic heterocycles. The monoisotopic (exact) mass is 247 g/mol. The number of carbonyl (C=O) groups is 1. The van der Waals surface area contributed by atoms with Crippen LogP contribution in [-0.4, -0.2) is 23.3 Å². The number of amides is 1. The molecule has 0 radical (unpaired) electrons. The first-order chi connectivity index (χ1) is 8.52. The summed E-state index contributed by atoms with van der Waals surface area (Å²) in [6.07, 6.45) is -1.22. The second-order valence-corrected chi connectivity index (χ2v) is 3.83. The highest BCUT2D eigenvalue weighted by Crippen LogP contribution is 2.24. The Morgan fingerprint density at radius 3 is 2.78 bits per heavy atom. The standard InChI is InChI=1S/C12H13N3O3/c1-7-5-11(15(18-2)12(16)17)14-10-4-3-8(13)6-9(7)10/h3-6H,13H2,1-2H3,(H,16,17). The quantitative estimate of drug-likeness (QED) is 0.627. The van der Waals surface area contributed by atoms with Crippen LogP contribution in [0.3, 0.4) is 0 Å². The molecule has 0 saturated carbocycles. The molecule has 0 aliphatic heterocycles. The van der Waals surface area contributed by atoms with Gasteiger partial charge in [-0.15, -0.1) is 5.06 Å². The third kappa shape index (κ3) is 2.05. The molecule has 0 aliphatic carbocycles. The molecule has 0 saturated heterocycles. The van der Waals surface area contributed by atoms with Crippen LogP contribution >= 0.6 is 0 Å². The first-order valence-electron chi connectivity index (χ1n) is 5.27. The highest BCUT2D eigenvalue weighted by molar-refractivity contribution is 5.89. The van der Waals surface area contributed by atoms with Gasteiger partial charge in [-0.1, -0.05) is 0 Å². The first-order valence-corrected chi connectivity index (χ1v) is 5.27. The van der Waals surface area contributed by atoms with E-state index in [0.717, 1.165) is 10.9 Å². The molecule has 6 heteroatoms. The van der Waals surface area contributed by atoms with Gasteiger partial charge in [0.05, 0.1) is 12.6 Å². The Kier molecular flexibility index (Phi) is 3.03. The Morgan fingerprint density at radius 1 is 1.44 bits per heavy atom. The van der Waals surface area contributed by atoms with E-state index in [-0.39, 0.29) is 5.82 Å². The minimum atomic E-state index is -1.22. The molecule has 0 atom stereocenters. The molecule has 18 heavy (non-hydrogen) atoms. The highest BCUT2D eigenvalue weighted by Gasteiger charge is 2.16. The van der Waals surface area contributed by atoms with Gasteiger partial charge in [-0.2, -0.15) is 0 Å². The van der Waals surface area contributed by atoms with Crippen LogP contribution in [0.25, 0.3) is 10.9 Å². The second-order valence-electron chi connectivity index (χ2n) is 3.83. The SMILES string of the molecule is CON(C(=O)O)c1cc(C)c2cc(N)ccc2n1. The van der Waals surface area contributed by atoms with Crippen LogP contribution in [0.1, 0.15) is 5.56 Å². The summed E-state index contributed by atoms with van der Waals surface area (Å²) in [4.78, 5) is 20.0. The van der Waals surface area contributed by atoms with Crippen molar-refractivity contribution in [1.82, 2.24) is 4.98 Å². The number of fused-ring (bicyclic) bond motifs is 1. The van der Waals surface area contributed by atoms with Crippen LogP contribution in [0.4, 0.5) is 16.3 Å². The van der Waals surface area contributed by atoms with Crippen LogP contribution in [0.2, 0.25) is 0 Å². The number of anilines is 2. The highest BCUT2D eigenvalue weighted by atomic mass is 16.7. The fraction of sp³-hybridized carbons (Fsp3) is 0.167. The van der Waals surface area contributed by atoms with E-state index in [1.54, 1.807) is 24.3 Å². The van der Waals surface area contributed by atoms with Crippen LogP contribution in [0.15, 0.2) is 24.3 Å². The summed E-state index contributed by atoms with van der Waals surface area (Å²) in [5, 5.41) is 10.6. The number of aryl methyl sites for hydroxylation is 1. The summed E-state index contributed by atoms with van der Waals surface area (Å²) in [5.74, 6) is 0.222. The predicted octanol–water partition coefficient (Wildman–Crippen LogP) is 2.17. The predicted molar refractivity (Wildman–Crippen MR) is 68.4 cm³/mol. The summed E-state index contributed by atoms with van der Waals surface area (Å²) < 4.78 is 0. The number of rotatable bonds is 2. The molecule has 2 aromatic rings. The van der Waals surface area contributed by atoms with Gasteiger partial charge in [-0.25, -0.2) is 9.78 Å². The fourth-order valence-electron chi connectivity index (χ4n) is 1.77. The number of pyridine rings is 1. The molecular weight excluding hydrogens is 234 g/mol. The number of nitrogens with two attached hydrogens (primary N) is 1. The molecule has 0 bridgehead atoms. The largest absolute Gasteiger partial charge is 0.463 e. The first kappa shape index (κ1) is 12.1. The zero-order chi connectivity index (χ0) is 13.3. The molecule has 94 valence electrons. The molecule has 1 heterocycles. The number of carboxylic acid groups (broad SMARTS) is 1. The van der Waals surface area contributed by atoms with Gasteiger partial charge in [0, 0.05) is 11.1 Å². The maximum absolute atomic E-state index is 11.0. The molecule has 1 aromatic carbocycles. The van der Waals surface area contributed by atoms with E-state index in [9.17, 15) is 4.79 Å². The van der Waals surface area contributed by atoms with Crippen molar-refractivity contribution in [3.05, 3.63) is 29.8 Å². The van der Waals surface area contributed by atoms with Gasteiger partial charge >= 0.3 is 6.09 Å². The minimum absolute atomic E-state index is 0.222. The lowest BCUT2D eigenvalue weighted by Gasteiger charge is -2.16. The van der Waals surface area contributed by atoms with E-state index in [1.807, 2.05) is 6.92 Å². The van der Waals surface area contributed by atoms with Gasteiger partial charge < -0.3 is 10.8 Å². The van der Waals surface area contributed by atoms with Crippen molar-refractivity contribution in [1.29, 1.82) is 0 Å². The molecule has 0 fully saturated rings. The molecule has 6 nitrogen and oxygen atoms in total. The van der Waals surface area contributed by atoms with Crippen molar-refractivity contribution in [3.8, 4) is 0 Å². The number of nitrogen functional groups attached to an aromatic ring is 1. The van der Waals surface area contributed by atoms with Gasteiger partial charge in [0.25, 0.3) is 0 Å². The average Bonchev–Trinajstić information content (AvgIpc) is 2.30. The van der Waals surface area contributed by atoms with E-state index >= 15 is 0 Å². The van der Waals surface area contributed by atoms with Crippen molar-refractivity contribution in [2.24, 2.45) is 0 Å². The fourth-order valence-corrected chi connectivity index (χ4v) is 1.77. The number of nitrogens with zero attached hydrogens (tertiary/aromatic N) is 2. The Morgan fingerprint density at radius 2 is 2.17 bits per heavy atom. The maximum Gasteiger partial charge on any atom is 0.437 e. The second kappa shape index (κ2) is 4.50. The molecule has 0 spiro atoms. The maximum atomic E-state index is 11.0. The molecule has 0 unspecified atom stereocenters. The summed E-state index contributed by atoms with van der Waals surface area (Å²) in [6, 6.07) is 6.91. The van der Waals surface area contributed by atoms with Crippen LogP contribution < -0.4 is 10.8 Å². The molecule has 3 N–H and O–H groups in total. The molecule has 2 rings (SSSR count). The van der Waals surface area contributed by atoms with Crippen LogP contribution in [-0.2, 0) is 4.84 Å². The minimum Gasteiger partial charge on any atom is -0.463 e. The topological polar surface area (TPSA) is 88.7 Å². The Balaban J connectivity index is 2.62.